The zero-order valence-electron chi connectivity index (χ0n) is 12.5. The molecule has 23 heavy (non-hydrogen) atoms. The Bertz CT molecular complexity index is 701. The number of nitrogens with zero attached hydrogens (tertiary/aromatic N) is 1. The van der Waals surface area contributed by atoms with Gasteiger partial charge in [-0.2, -0.15) is 0 Å². The van der Waals surface area contributed by atoms with Crippen molar-refractivity contribution < 1.29 is 9.59 Å². The van der Waals surface area contributed by atoms with Gasteiger partial charge in [0.15, 0.2) is 0 Å². The minimum Gasteiger partial charge on any atom is -0.327 e. The Morgan fingerprint density at radius 1 is 1.04 bits per heavy atom. The highest BCUT2D eigenvalue weighted by Gasteiger charge is 2.34. The molecule has 0 bridgehead atoms. The summed E-state index contributed by atoms with van der Waals surface area (Å²) in [6, 6.07) is 16.4. The maximum absolute atomic E-state index is 12.7. The fraction of sp³-hybridized carbons (Fsp3) is 0.222. The lowest BCUT2D eigenvalue weighted by Gasteiger charge is -2.24. The first-order chi connectivity index (χ1) is 11.1. The molecule has 0 radical (unpaired) electrons. The van der Waals surface area contributed by atoms with Crippen LogP contribution in [-0.2, 0) is 4.79 Å². The van der Waals surface area contributed by atoms with E-state index in [0.29, 0.717) is 18.5 Å². The number of benzene rings is 2. The molecule has 0 saturated carbocycles. The zero-order valence-corrected chi connectivity index (χ0v) is 14.7. The summed E-state index contributed by atoms with van der Waals surface area (Å²) in [5.74, 6) is -0.195. The first-order valence-corrected chi connectivity index (χ1v) is 8.65. The Morgan fingerprint density at radius 2 is 1.74 bits per heavy atom. The Hall–Kier alpha value is -1.89. The van der Waals surface area contributed by atoms with Crippen molar-refractivity contribution in [1.82, 2.24) is 4.90 Å². The smallest absolute Gasteiger partial charge is 0.254 e. The van der Waals surface area contributed by atoms with E-state index in [1.807, 2.05) is 54.6 Å². The monoisotopic (exact) mass is 420 g/mol. The SMILES string of the molecule is O=C(Nc1ccccc1)[C@@H]1CCCN1C(=O)c1ccc(I)cc1. The zero-order chi connectivity index (χ0) is 16.2. The van der Waals surface area contributed by atoms with Crippen molar-refractivity contribution in [3.05, 3.63) is 63.7 Å². The summed E-state index contributed by atoms with van der Waals surface area (Å²) < 4.78 is 1.08. The van der Waals surface area contributed by atoms with E-state index < -0.39 is 6.04 Å². The average molecular weight is 420 g/mol. The van der Waals surface area contributed by atoms with Gasteiger partial charge >= 0.3 is 0 Å². The number of hydrogen-bond acceptors (Lipinski definition) is 2. The molecule has 1 aliphatic rings. The number of rotatable bonds is 3. The lowest BCUT2D eigenvalue weighted by Crippen LogP contribution is -2.43. The number of hydrogen-bond donors (Lipinski definition) is 1. The van der Waals surface area contributed by atoms with E-state index in [4.69, 9.17) is 0 Å². The van der Waals surface area contributed by atoms with E-state index in [2.05, 4.69) is 27.9 Å². The molecule has 1 heterocycles. The predicted octanol–water partition coefficient (Wildman–Crippen LogP) is 3.53. The number of nitrogens with one attached hydrogen (secondary N) is 1. The molecule has 2 aromatic rings. The molecule has 2 amide bonds. The van der Waals surface area contributed by atoms with Crippen molar-refractivity contribution in [1.29, 1.82) is 0 Å². The third-order valence-corrected chi connectivity index (χ3v) is 4.67. The van der Waals surface area contributed by atoms with Crippen LogP contribution < -0.4 is 5.32 Å². The quantitative estimate of drug-likeness (QED) is 0.773. The molecular weight excluding hydrogens is 403 g/mol. The summed E-state index contributed by atoms with van der Waals surface area (Å²) in [4.78, 5) is 26.9. The molecule has 1 N–H and O–H groups in total. The van der Waals surface area contributed by atoms with E-state index in [9.17, 15) is 9.59 Å². The minimum atomic E-state index is -0.401. The van der Waals surface area contributed by atoms with Crippen LogP contribution in [-0.4, -0.2) is 29.3 Å². The molecule has 118 valence electrons. The Labute approximate surface area is 149 Å². The summed E-state index contributed by atoms with van der Waals surface area (Å²) in [6.07, 6.45) is 1.55. The lowest BCUT2D eigenvalue weighted by atomic mass is 10.1. The average Bonchev–Trinajstić information content (AvgIpc) is 3.05. The third-order valence-electron chi connectivity index (χ3n) is 3.95. The van der Waals surface area contributed by atoms with Gasteiger partial charge in [-0.15, -0.1) is 0 Å². The van der Waals surface area contributed by atoms with Crippen molar-refractivity contribution in [3.63, 3.8) is 0 Å². The van der Waals surface area contributed by atoms with Gasteiger partial charge in [-0.05, 0) is 71.8 Å². The largest absolute Gasteiger partial charge is 0.327 e. The fourth-order valence-corrected chi connectivity index (χ4v) is 3.15. The molecule has 3 rings (SSSR count). The maximum atomic E-state index is 12.7. The van der Waals surface area contributed by atoms with Crippen LogP contribution in [0.5, 0.6) is 0 Å². The van der Waals surface area contributed by atoms with Crippen molar-refractivity contribution in [3.8, 4) is 0 Å². The molecule has 0 aliphatic carbocycles. The van der Waals surface area contributed by atoms with Crippen LogP contribution >= 0.6 is 22.6 Å². The topological polar surface area (TPSA) is 49.4 Å². The van der Waals surface area contributed by atoms with Gasteiger partial charge in [0.25, 0.3) is 5.91 Å². The second-order valence-corrected chi connectivity index (χ2v) is 6.76. The summed E-state index contributed by atoms with van der Waals surface area (Å²) in [5, 5.41) is 2.90. The van der Waals surface area contributed by atoms with Crippen LogP contribution in [0.4, 0.5) is 5.69 Å². The molecule has 1 atom stereocenters. The number of anilines is 1. The highest BCUT2D eigenvalue weighted by Crippen LogP contribution is 2.22. The van der Waals surface area contributed by atoms with Crippen LogP contribution in [0.1, 0.15) is 23.2 Å². The minimum absolute atomic E-state index is 0.0767. The first-order valence-electron chi connectivity index (χ1n) is 7.57. The van der Waals surface area contributed by atoms with Crippen molar-refractivity contribution in [2.75, 3.05) is 11.9 Å². The lowest BCUT2D eigenvalue weighted by molar-refractivity contribution is -0.119. The Balaban J connectivity index is 1.73. The summed E-state index contributed by atoms with van der Waals surface area (Å²) in [6.45, 7) is 0.623. The number of likely N-dealkylation sites (tertiary alicyclic amines) is 1. The second-order valence-electron chi connectivity index (χ2n) is 5.52. The molecule has 5 heteroatoms. The molecule has 0 aromatic heterocycles. The highest BCUT2D eigenvalue weighted by molar-refractivity contribution is 14.1. The van der Waals surface area contributed by atoms with Gasteiger partial charge < -0.3 is 10.2 Å². The van der Waals surface area contributed by atoms with Crippen LogP contribution in [0.3, 0.4) is 0 Å². The molecular formula is C18H17IN2O2. The fourth-order valence-electron chi connectivity index (χ4n) is 2.79. The van der Waals surface area contributed by atoms with Crippen molar-refractivity contribution >= 4 is 40.1 Å². The molecule has 4 nitrogen and oxygen atoms in total. The molecule has 1 saturated heterocycles. The Morgan fingerprint density at radius 3 is 2.43 bits per heavy atom. The van der Waals surface area contributed by atoms with E-state index >= 15 is 0 Å². The van der Waals surface area contributed by atoms with Gasteiger partial charge in [0, 0.05) is 21.4 Å². The number of carbonyl (C=O) groups excluding carboxylic acids is 2. The first kappa shape index (κ1) is 16.0. The maximum Gasteiger partial charge on any atom is 0.254 e. The van der Waals surface area contributed by atoms with Gasteiger partial charge in [-0.3, -0.25) is 9.59 Å². The predicted molar refractivity (Wildman–Crippen MR) is 98.3 cm³/mol. The highest BCUT2D eigenvalue weighted by atomic mass is 127. The van der Waals surface area contributed by atoms with Crippen molar-refractivity contribution in [2.45, 2.75) is 18.9 Å². The van der Waals surface area contributed by atoms with Crippen LogP contribution in [0, 0.1) is 3.57 Å². The van der Waals surface area contributed by atoms with E-state index in [0.717, 1.165) is 15.7 Å². The van der Waals surface area contributed by atoms with Crippen molar-refractivity contribution in [2.24, 2.45) is 0 Å². The number of para-hydroxylation sites is 1. The summed E-state index contributed by atoms with van der Waals surface area (Å²) in [7, 11) is 0. The van der Waals surface area contributed by atoms with Crippen LogP contribution in [0.25, 0.3) is 0 Å². The Kier molecular flexibility index (Phi) is 4.95. The summed E-state index contributed by atoms with van der Waals surface area (Å²) in [5.41, 5.74) is 1.39. The molecule has 1 aliphatic heterocycles. The van der Waals surface area contributed by atoms with Gasteiger partial charge in [0.05, 0.1) is 0 Å². The van der Waals surface area contributed by atoms with Crippen LogP contribution in [0.15, 0.2) is 54.6 Å². The van der Waals surface area contributed by atoms with Crippen LogP contribution in [0.2, 0.25) is 0 Å². The van der Waals surface area contributed by atoms with Gasteiger partial charge in [0.2, 0.25) is 5.91 Å². The van der Waals surface area contributed by atoms with E-state index in [1.165, 1.54) is 0 Å². The molecule has 0 spiro atoms. The number of amides is 2. The number of carbonyl (C=O) groups is 2. The standard InChI is InChI=1S/C18H17IN2O2/c19-14-10-8-13(9-11-14)18(23)21-12-4-7-16(21)17(22)20-15-5-2-1-3-6-15/h1-3,5-6,8-11,16H,4,7,12H2,(H,20,22)/t16-/m0/s1. The van der Waals surface area contributed by atoms with E-state index in [-0.39, 0.29) is 11.8 Å². The molecule has 2 aromatic carbocycles. The number of halogens is 1. The van der Waals surface area contributed by atoms with Gasteiger partial charge in [0.1, 0.15) is 6.04 Å². The van der Waals surface area contributed by atoms with E-state index in [1.54, 1.807) is 4.90 Å². The summed E-state index contributed by atoms with van der Waals surface area (Å²) >= 11 is 2.21. The normalized spacial score (nSPS) is 17.1. The van der Waals surface area contributed by atoms with Gasteiger partial charge in [-0.25, -0.2) is 0 Å². The van der Waals surface area contributed by atoms with Gasteiger partial charge in [-0.1, -0.05) is 18.2 Å². The third kappa shape index (κ3) is 3.72. The second kappa shape index (κ2) is 7.12. The molecule has 1 fully saturated rings. The molecule has 0 unspecified atom stereocenters.